The van der Waals surface area contributed by atoms with E-state index in [0.717, 1.165) is 30.2 Å². The van der Waals surface area contributed by atoms with E-state index in [0.29, 0.717) is 5.56 Å². The summed E-state index contributed by atoms with van der Waals surface area (Å²) in [5, 5.41) is 3.38. The number of methoxy groups -OCH3 is 1. The van der Waals surface area contributed by atoms with Gasteiger partial charge in [-0.1, -0.05) is 31.9 Å². The van der Waals surface area contributed by atoms with Gasteiger partial charge in [0.25, 0.3) is 0 Å². The van der Waals surface area contributed by atoms with Crippen LogP contribution >= 0.6 is 0 Å². The molecule has 4 heteroatoms. The number of unbranched alkanes of at least 4 members (excludes halogenated alkanes) is 2. The average Bonchev–Trinajstić information content (AvgIpc) is 3.03. The predicted octanol–water partition coefficient (Wildman–Crippen LogP) is 4.01. The number of hydrogen-bond acceptors (Lipinski definition) is 4. The summed E-state index contributed by atoms with van der Waals surface area (Å²) in [4.78, 5) is 11.4. The topological polar surface area (TPSA) is 51.5 Å². The van der Waals surface area contributed by atoms with E-state index in [-0.39, 0.29) is 5.97 Å². The molecular weight excluding hydrogens is 278 g/mol. The minimum absolute atomic E-state index is 0.331. The van der Waals surface area contributed by atoms with Crippen LogP contribution in [0.1, 0.15) is 42.3 Å². The van der Waals surface area contributed by atoms with Crippen molar-refractivity contribution in [2.24, 2.45) is 0 Å². The summed E-state index contributed by atoms with van der Waals surface area (Å²) < 4.78 is 10.5. The first-order valence-electron chi connectivity index (χ1n) is 7.72. The molecule has 0 amide bonds. The number of ether oxygens (including phenoxy) is 1. The van der Waals surface area contributed by atoms with Gasteiger partial charge in [-0.3, -0.25) is 0 Å². The molecule has 0 spiro atoms. The first-order valence-corrected chi connectivity index (χ1v) is 7.72. The number of esters is 1. The molecule has 2 aromatic rings. The zero-order valence-corrected chi connectivity index (χ0v) is 13.2. The number of carbonyl (C=O) groups is 1. The van der Waals surface area contributed by atoms with E-state index in [4.69, 9.17) is 4.42 Å². The monoisotopic (exact) mass is 301 g/mol. The first-order chi connectivity index (χ1) is 10.7. The Morgan fingerprint density at radius 3 is 2.59 bits per heavy atom. The number of nitrogens with one attached hydrogen (secondary N) is 1. The summed E-state index contributed by atoms with van der Waals surface area (Å²) in [6, 6.07) is 11.2. The SMILES string of the molecule is CCCCCNCc1ccc(-c2ccc(C(=O)OC)cc2)o1. The van der Waals surface area contributed by atoms with Crippen LogP contribution in [0.2, 0.25) is 0 Å². The zero-order valence-electron chi connectivity index (χ0n) is 13.2. The minimum atomic E-state index is -0.331. The summed E-state index contributed by atoms with van der Waals surface area (Å²) in [6.45, 7) is 3.95. The Morgan fingerprint density at radius 1 is 1.14 bits per heavy atom. The second-order valence-corrected chi connectivity index (χ2v) is 5.22. The third-order valence-corrected chi connectivity index (χ3v) is 3.51. The molecule has 1 aromatic carbocycles. The maximum atomic E-state index is 11.4. The van der Waals surface area contributed by atoms with Crippen molar-refractivity contribution >= 4 is 5.97 Å². The Balaban J connectivity index is 1.92. The zero-order chi connectivity index (χ0) is 15.8. The highest BCUT2D eigenvalue weighted by atomic mass is 16.5. The summed E-state index contributed by atoms with van der Waals surface area (Å²) in [5.41, 5.74) is 1.49. The van der Waals surface area contributed by atoms with Crippen LogP contribution in [0, 0.1) is 0 Å². The number of furan rings is 1. The molecule has 118 valence electrons. The van der Waals surface area contributed by atoms with Gasteiger partial charge in [-0.25, -0.2) is 4.79 Å². The Hall–Kier alpha value is -2.07. The van der Waals surface area contributed by atoms with Crippen LogP contribution in [0.5, 0.6) is 0 Å². The summed E-state index contributed by atoms with van der Waals surface area (Å²) >= 11 is 0. The fraction of sp³-hybridized carbons (Fsp3) is 0.389. The average molecular weight is 301 g/mol. The van der Waals surface area contributed by atoms with Crippen LogP contribution < -0.4 is 5.32 Å². The Morgan fingerprint density at radius 2 is 1.91 bits per heavy atom. The van der Waals surface area contributed by atoms with Crippen molar-refractivity contribution < 1.29 is 13.9 Å². The van der Waals surface area contributed by atoms with Gasteiger partial charge < -0.3 is 14.5 Å². The van der Waals surface area contributed by atoms with Crippen molar-refractivity contribution in [2.75, 3.05) is 13.7 Å². The predicted molar refractivity (Wildman–Crippen MR) is 86.7 cm³/mol. The van der Waals surface area contributed by atoms with Crippen molar-refractivity contribution in [1.29, 1.82) is 0 Å². The largest absolute Gasteiger partial charge is 0.465 e. The van der Waals surface area contributed by atoms with Crippen molar-refractivity contribution in [3.05, 3.63) is 47.7 Å². The molecule has 0 saturated carbocycles. The molecule has 22 heavy (non-hydrogen) atoms. The van der Waals surface area contributed by atoms with Crippen molar-refractivity contribution in [2.45, 2.75) is 32.7 Å². The lowest BCUT2D eigenvalue weighted by atomic mass is 10.1. The van der Waals surface area contributed by atoms with Crippen LogP contribution in [0.4, 0.5) is 0 Å². The second kappa shape index (κ2) is 8.39. The molecule has 0 unspecified atom stereocenters. The summed E-state index contributed by atoms with van der Waals surface area (Å²) in [7, 11) is 1.38. The van der Waals surface area contributed by atoms with Crippen LogP contribution in [0.15, 0.2) is 40.8 Å². The third kappa shape index (κ3) is 4.46. The van der Waals surface area contributed by atoms with Gasteiger partial charge in [0.2, 0.25) is 0 Å². The van der Waals surface area contributed by atoms with Gasteiger partial charge in [-0.2, -0.15) is 0 Å². The Labute approximate surface area is 131 Å². The highest BCUT2D eigenvalue weighted by Crippen LogP contribution is 2.22. The van der Waals surface area contributed by atoms with E-state index in [1.165, 1.54) is 26.4 Å². The van der Waals surface area contributed by atoms with E-state index >= 15 is 0 Å². The van der Waals surface area contributed by atoms with Crippen molar-refractivity contribution in [1.82, 2.24) is 5.32 Å². The van der Waals surface area contributed by atoms with Gasteiger partial charge in [-0.05, 0) is 37.2 Å². The molecule has 0 radical (unpaired) electrons. The minimum Gasteiger partial charge on any atom is -0.465 e. The molecule has 1 N–H and O–H groups in total. The number of rotatable bonds is 8. The maximum absolute atomic E-state index is 11.4. The standard InChI is InChI=1S/C18H23NO3/c1-3-4-5-12-19-13-16-10-11-17(22-16)14-6-8-15(9-7-14)18(20)21-2/h6-11,19H,3-5,12-13H2,1-2H3. The Kier molecular flexibility index (Phi) is 6.22. The van der Waals surface area contributed by atoms with Gasteiger partial charge in [0, 0.05) is 5.56 Å². The van der Waals surface area contributed by atoms with Gasteiger partial charge >= 0.3 is 5.97 Å². The van der Waals surface area contributed by atoms with Gasteiger partial charge in [-0.15, -0.1) is 0 Å². The molecule has 0 aliphatic carbocycles. The molecule has 0 atom stereocenters. The van der Waals surface area contributed by atoms with Gasteiger partial charge in [0.1, 0.15) is 11.5 Å². The summed E-state index contributed by atoms with van der Waals surface area (Å²) in [6.07, 6.45) is 3.68. The van der Waals surface area contributed by atoms with Gasteiger partial charge in [0.05, 0.1) is 19.2 Å². The van der Waals surface area contributed by atoms with E-state index in [2.05, 4.69) is 17.0 Å². The van der Waals surface area contributed by atoms with Crippen LogP contribution in [0.25, 0.3) is 11.3 Å². The smallest absolute Gasteiger partial charge is 0.337 e. The van der Waals surface area contributed by atoms with Crippen molar-refractivity contribution in [3.63, 3.8) is 0 Å². The molecule has 0 saturated heterocycles. The summed E-state index contributed by atoms with van der Waals surface area (Å²) in [5.74, 6) is 1.40. The van der Waals surface area contributed by atoms with Crippen LogP contribution in [-0.2, 0) is 11.3 Å². The molecule has 2 rings (SSSR count). The molecule has 0 bridgehead atoms. The fourth-order valence-electron chi connectivity index (χ4n) is 2.23. The first kappa shape index (κ1) is 16.3. The van der Waals surface area contributed by atoms with Crippen LogP contribution in [0.3, 0.4) is 0 Å². The number of carbonyl (C=O) groups excluding carboxylic acids is 1. The quantitative estimate of drug-likeness (QED) is 0.591. The molecule has 1 heterocycles. The molecule has 4 nitrogen and oxygen atoms in total. The highest BCUT2D eigenvalue weighted by Gasteiger charge is 2.08. The lowest BCUT2D eigenvalue weighted by Gasteiger charge is -2.02. The van der Waals surface area contributed by atoms with Crippen molar-refractivity contribution in [3.8, 4) is 11.3 Å². The van der Waals surface area contributed by atoms with E-state index < -0.39 is 0 Å². The van der Waals surface area contributed by atoms with Crippen LogP contribution in [-0.4, -0.2) is 19.6 Å². The van der Waals surface area contributed by atoms with E-state index in [1.807, 2.05) is 24.3 Å². The Bertz CT molecular complexity index is 587. The lowest BCUT2D eigenvalue weighted by Crippen LogP contribution is -2.13. The lowest BCUT2D eigenvalue weighted by molar-refractivity contribution is 0.0601. The molecular formula is C18H23NO3. The molecule has 1 aromatic heterocycles. The highest BCUT2D eigenvalue weighted by molar-refractivity contribution is 5.89. The normalized spacial score (nSPS) is 10.6. The van der Waals surface area contributed by atoms with Gasteiger partial charge in [0.15, 0.2) is 0 Å². The second-order valence-electron chi connectivity index (χ2n) is 5.22. The van der Waals surface area contributed by atoms with E-state index in [1.54, 1.807) is 12.1 Å². The third-order valence-electron chi connectivity index (χ3n) is 3.51. The number of hydrogen-bond donors (Lipinski definition) is 1. The van der Waals surface area contributed by atoms with E-state index in [9.17, 15) is 4.79 Å². The number of benzene rings is 1. The maximum Gasteiger partial charge on any atom is 0.337 e. The molecule has 0 aliphatic heterocycles. The molecule has 0 fully saturated rings. The fourth-order valence-corrected chi connectivity index (χ4v) is 2.23. The molecule has 0 aliphatic rings.